The maximum Gasteiger partial charge on any atom is 0.132 e. The van der Waals surface area contributed by atoms with Crippen molar-refractivity contribution in [2.24, 2.45) is 0 Å². The van der Waals surface area contributed by atoms with Crippen molar-refractivity contribution in [2.45, 2.75) is 19.4 Å². The molecular formula is C20H18O2. The van der Waals surface area contributed by atoms with Crippen molar-refractivity contribution in [3.63, 3.8) is 0 Å². The average molecular weight is 290 g/mol. The molecule has 3 aromatic carbocycles. The molecule has 0 radical (unpaired) electrons. The van der Waals surface area contributed by atoms with Gasteiger partial charge in [0.05, 0.1) is 6.10 Å². The van der Waals surface area contributed by atoms with E-state index < -0.39 is 6.10 Å². The second-order valence-electron chi connectivity index (χ2n) is 5.57. The van der Waals surface area contributed by atoms with Crippen molar-refractivity contribution in [1.29, 1.82) is 0 Å². The summed E-state index contributed by atoms with van der Waals surface area (Å²) >= 11 is 0. The van der Waals surface area contributed by atoms with Crippen LogP contribution < -0.4 is 0 Å². The van der Waals surface area contributed by atoms with Crippen LogP contribution in [0.5, 0.6) is 0 Å². The molecule has 0 aliphatic carbocycles. The van der Waals surface area contributed by atoms with Crippen molar-refractivity contribution in [3.8, 4) is 11.1 Å². The number of rotatable bonds is 4. The van der Waals surface area contributed by atoms with E-state index in [1.54, 1.807) is 0 Å². The van der Waals surface area contributed by atoms with Gasteiger partial charge >= 0.3 is 0 Å². The van der Waals surface area contributed by atoms with E-state index in [1.807, 2.05) is 36.4 Å². The quantitative estimate of drug-likeness (QED) is 0.767. The summed E-state index contributed by atoms with van der Waals surface area (Å²) in [6, 6.07) is 22.3. The molecule has 0 aliphatic heterocycles. The predicted octanol–water partition coefficient (Wildman–Crippen LogP) is 4.52. The van der Waals surface area contributed by atoms with Gasteiger partial charge in [0.2, 0.25) is 0 Å². The molecule has 0 saturated heterocycles. The van der Waals surface area contributed by atoms with Crippen LogP contribution in [0, 0.1) is 0 Å². The highest BCUT2D eigenvalue weighted by Gasteiger charge is 2.10. The lowest BCUT2D eigenvalue weighted by Crippen LogP contribution is -2.02. The highest BCUT2D eigenvalue weighted by Crippen LogP contribution is 2.29. The summed E-state index contributed by atoms with van der Waals surface area (Å²) in [7, 11) is 0. The number of benzene rings is 3. The van der Waals surface area contributed by atoms with Gasteiger partial charge in [0.1, 0.15) is 5.78 Å². The molecule has 1 atom stereocenters. The summed E-state index contributed by atoms with van der Waals surface area (Å²) < 4.78 is 0. The van der Waals surface area contributed by atoms with Crippen LogP contribution in [0.25, 0.3) is 21.9 Å². The fourth-order valence-electron chi connectivity index (χ4n) is 2.75. The van der Waals surface area contributed by atoms with E-state index in [-0.39, 0.29) is 12.2 Å². The minimum absolute atomic E-state index is 0.00868. The largest absolute Gasteiger partial charge is 0.388 e. The highest BCUT2D eigenvalue weighted by atomic mass is 16.3. The Hall–Kier alpha value is -2.45. The third kappa shape index (κ3) is 2.92. The van der Waals surface area contributed by atoms with Gasteiger partial charge in [-0.2, -0.15) is 0 Å². The first-order chi connectivity index (χ1) is 10.6. The molecule has 3 aromatic rings. The van der Waals surface area contributed by atoms with Gasteiger partial charge in [0.25, 0.3) is 0 Å². The van der Waals surface area contributed by atoms with E-state index in [0.29, 0.717) is 0 Å². The molecule has 3 rings (SSSR count). The van der Waals surface area contributed by atoms with E-state index in [0.717, 1.165) is 11.1 Å². The van der Waals surface area contributed by atoms with Crippen LogP contribution in [0.1, 0.15) is 25.0 Å². The van der Waals surface area contributed by atoms with Crippen molar-refractivity contribution in [3.05, 3.63) is 72.3 Å². The maximum atomic E-state index is 11.1. The van der Waals surface area contributed by atoms with Crippen LogP contribution in [0.3, 0.4) is 0 Å². The molecule has 1 N–H and O–H groups in total. The number of fused-ring (bicyclic) bond motifs is 1. The molecule has 0 saturated carbocycles. The Labute approximate surface area is 130 Å². The van der Waals surface area contributed by atoms with E-state index in [9.17, 15) is 9.90 Å². The number of Topliss-reactive ketones (excluding diaryl/α,β-unsaturated/α-hetero) is 1. The zero-order valence-corrected chi connectivity index (χ0v) is 12.5. The van der Waals surface area contributed by atoms with Crippen molar-refractivity contribution >= 4 is 16.6 Å². The number of carbonyl (C=O) groups excluding carboxylic acids is 1. The summed E-state index contributed by atoms with van der Waals surface area (Å²) in [5.74, 6) is -0.00868. The smallest absolute Gasteiger partial charge is 0.132 e. The van der Waals surface area contributed by atoms with Gasteiger partial charge < -0.3 is 5.11 Å². The summed E-state index contributed by atoms with van der Waals surface area (Å²) in [5, 5.41) is 12.4. The van der Waals surface area contributed by atoms with Crippen LogP contribution in [0.2, 0.25) is 0 Å². The molecule has 2 heteroatoms. The first-order valence-electron chi connectivity index (χ1n) is 7.41. The molecule has 110 valence electrons. The van der Waals surface area contributed by atoms with Crippen LogP contribution in [0.4, 0.5) is 0 Å². The Morgan fingerprint density at radius 3 is 2.36 bits per heavy atom. The van der Waals surface area contributed by atoms with Gasteiger partial charge in [-0.25, -0.2) is 0 Å². The molecule has 0 aromatic heterocycles. The molecule has 1 unspecified atom stereocenters. The Balaban J connectivity index is 1.97. The molecule has 2 nitrogen and oxygen atoms in total. The van der Waals surface area contributed by atoms with Gasteiger partial charge in [-0.05, 0) is 34.4 Å². The monoisotopic (exact) mass is 290 g/mol. The third-order valence-corrected chi connectivity index (χ3v) is 3.88. The normalized spacial score (nSPS) is 12.3. The van der Waals surface area contributed by atoms with Crippen LogP contribution in [-0.2, 0) is 4.79 Å². The number of hydrogen-bond donors (Lipinski definition) is 1. The Morgan fingerprint density at radius 2 is 1.64 bits per heavy atom. The molecular weight excluding hydrogens is 272 g/mol. The SMILES string of the molecule is CC(=O)CC(O)c1ccc(-c2cccc3ccccc23)cc1. The van der Waals surface area contributed by atoms with E-state index in [4.69, 9.17) is 0 Å². The zero-order chi connectivity index (χ0) is 15.5. The lowest BCUT2D eigenvalue weighted by Gasteiger charge is -2.11. The number of aliphatic hydroxyl groups excluding tert-OH is 1. The molecule has 22 heavy (non-hydrogen) atoms. The Morgan fingerprint density at radius 1 is 0.955 bits per heavy atom. The highest BCUT2D eigenvalue weighted by molar-refractivity contribution is 5.96. The minimum atomic E-state index is -0.723. The maximum absolute atomic E-state index is 11.1. The number of aliphatic hydroxyl groups is 1. The predicted molar refractivity (Wildman–Crippen MR) is 89.6 cm³/mol. The summed E-state index contributed by atoms with van der Waals surface area (Å²) in [4.78, 5) is 11.1. The lowest BCUT2D eigenvalue weighted by atomic mass is 9.96. The first-order valence-corrected chi connectivity index (χ1v) is 7.41. The Kier molecular flexibility index (Phi) is 4.03. The van der Waals surface area contributed by atoms with Gasteiger partial charge in [0.15, 0.2) is 0 Å². The number of carbonyl (C=O) groups is 1. The number of ketones is 1. The molecule has 0 amide bonds. The van der Waals surface area contributed by atoms with Crippen molar-refractivity contribution < 1.29 is 9.90 Å². The first kappa shape index (κ1) is 14.5. The summed E-state index contributed by atoms with van der Waals surface area (Å²) in [5.41, 5.74) is 3.06. The van der Waals surface area contributed by atoms with Gasteiger partial charge in [-0.3, -0.25) is 4.79 Å². The fraction of sp³-hybridized carbons (Fsp3) is 0.150. The topological polar surface area (TPSA) is 37.3 Å². The standard InChI is InChI=1S/C20H18O2/c1-14(21)13-20(22)17-11-9-16(10-12-17)19-8-4-6-15-5-2-3-7-18(15)19/h2-12,20,22H,13H2,1H3. The third-order valence-electron chi connectivity index (χ3n) is 3.88. The van der Waals surface area contributed by atoms with Gasteiger partial charge in [-0.15, -0.1) is 0 Å². The average Bonchev–Trinajstić information content (AvgIpc) is 2.54. The number of hydrogen-bond acceptors (Lipinski definition) is 2. The van der Waals surface area contributed by atoms with E-state index in [1.165, 1.54) is 23.3 Å². The summed E-state index contributed by atoms with van der Waals surface area (Å²) in [6.07, 6.45) is -0.563. The van der Waals surface area contributed by atoms with Crippen molar-refractivity contribution in [2.75, 3.05) is 0 Å². The second kappa shape index (κ2) is 6.12. The zero-order valence-electron chi connectivity index (χ0n) is 12.5. The van der Waals surface area contributed by atoms with Crippen LogP contribution in [0.15, 0.2) is 66.7 Å². The lowest BCUT2D eigenvalue weighted by molar-refractivity contribution is -0.118. The van der Waals surface area contributed by atoms with Crippen LogP contribution >= 0.6 is 0 Å². The fourth-order valence-corrected chi connectivity index (χ4v) is 2.75. The Bertz CT molecular complexity index is 798. The molecule has 0 heterocycles. The van der Waals surface area contributed by atoms with Gasteiger partial charge in [0, 0.05) is 6.42 Å². The molecule has 0 fully saturated rings. The molecule has 0 aliphatic rings. The molecule has 0 spiro atoms. The summed E-state index contributed by atoms with van der Waals surface area (Å²) in [6.45, 7) is 1.49. The second-order valence-corrected chi connectivity index (χ2v) is 5.57. The van der Waals surface area contributed by atoms with Gasteiger partial charge in [-0.1, -0.05) is 66.7 Å². The van der Waals surface area contributed by atoms with Crippen molar-refractivity contribution in [1.82, 2.24) is 0 Å². The van der Waals surface area contributed by atoms with E-state index in [2.05, 4.69) is 30.3 Å². The van der Waals surface area contributed by atoms with E-state index >= 15 is 0 Å². The molecule has 0 bridgehead atoms. The minimum Gasteiger partial charge on any atom is -0.388 e. The van der Waals surface area contributed by atoms with Crippen LogP contribution in [-0.4, -0.2) is 10.9 Å².